The summed E-state index contributed by atoms with van der Waals surface area (Å²) in [5, 5.41) is 35.6. The van der Waals surface area contributed by atoms with E-state index in [4.69, 9.17) is 14.5 Å². The number of benzene rings is 3. The smallest absolute Gasteiger partial charge is 0.407 e. The largest absolute Gasteiger partial charge is 0.444 e. The zero-order valence-electron chi connectivity index (χ0n) is 40.7. The standard InChI is InChI=1S/C50H51N15O6S3/c1-5-28-72-47-57-42(52-21-22-55-49(69)71-50(2,3)4)41-43(58-47)64(63-60-41)30-33-13-11-32(12-14-33)15-20-38(66)51-23-26-70-27-24-53-44(67)36-18-16-34(17-19-36)37-31-74-48(56-37)65-45(68)40(59-61-46-54-25-29-73-46)39(62-65)35-9-7-6-8-10-35/h6-14,16-19,25,29,31H,5,21-24,26-28,30H2,1-4H3,(H,51,66)(H,53,67)(H,54,61)(H,55,69)(H,52,57,58)/b59-40+. The molecular formula is C50H51N15O6S3. The van der Waals surface area contributed by atoms with Crippen LogP contribution in [-0.2, 0) is 25.6 Å². The van der Waals surface area contributed by atoms with Crippen LogP contribution in [0.4, 0.5) is 20.9 Å². The Morgan fingerprint density at radius 3 is 2.39 bits per heavy atom. The van der Waals surface area contributed by atoms with Crippen LogP contribution in [0, 0.1) is 11.8 Å². The fraction of sp³-hybridized carbons (Fsp3) is 0.280. The maximum absolute atomic E-state index is 13.6. The molecule has 21 nitrogen and oxygen atoms in total. The summed E-state index contributed by atoms with van der Waals surface area (Å²) in [7, 11) is 0. The number of carbonyl (C=O) groups is 4. The number of fused-ring (bicyclic) bond motifs is 1. The number of amides is 4. The third-order valence-electron chi connectivity index (χ3n) is 10.2. The third-order valence-corrected chi connectivity index (χ3v) is 12.8. The first kappa shape index (κ1) is 52.2. The summed E-state index contributed by atoms with van der Waals surface area (Å²) in [4.78, 5) is 69.3. The molecule has 5 heterocycles. The lowest BCUT2D eigenvalue weighted by atomic mass is 10.1. The molecule has 8 rings (SSSR count). The molecule has 5 N–H and O–H groups in total. The number of thioether (sulfide) groups is 1. The number of hydrazone groups is 2. The Hall–Kier alpha value is -8.11. The van der Waals surface area contributed by atoms with Gasteiger partial charge in [0.2, 0.25) is 10.3 Å². The summed E-state index contributed by atoms with van der Waals surface area (Å²) in [5.41, 5.74) is 8.00. The van der Waals surface area contributed by atoms with Gasteiger partial charge in [0.1, 0.15) is 11.3 Å². The molecule has 0 fully saturated rings. The van der Waals surface area contributed by atoms with Gasteiger partial charge in [0.05, 0.1) is 25.5 Å². The van der Waals surface area contributed by atoms with Crippen molar-refractivity contribution in [1.29, 1.82) is 0 Å². The van der Waals surface area contributed by atoms with Crippen LogP contribution in [0.2, 0.25) is 0 Å². The highest BCUT2D eigenvalue weighted by Crippen LogP contribution is 2.31. The first-order chi connectivity index (χ1) is 35.9. The Bertz CT molecular complexity index is 3200. The molecular weight excluding hydrogens is 1000 g/mol. The highest BCUT2D eigenvalue weighted by Gasteiger charge is 2.36. The Kier molecular flexibility index (Phi) is 17.7. The van der Waals surface area contributed by atoms with Crippen LogP contribution in [0.15, 0.2) is 111 Å². The predicted molar refractivity (Wildman–Crippen MR) is 287 cm³/mol. The van der Waals surface area contributed by atoms with Gasteiger partial charge in [-0.15, -0.1) is 27.8 Å². The van der Waals surface area contributed by atoms with Gasteiger partial charge in [0.15, 0.2) is 27.8 Å². The van der Waals surface area contributed by atoms with E-state index in [1.807, 2.05) is 80.7 Å². The second-order valence-corrected chi connectivity index (χ2v) is 19.8. The van der Waals surface area contributed by atoms with Gasteiger partial charge in [0.25, 0.3) is 11.8 Å². The summed E-state index contributed by atoms with van der Waals surface area (Å²) in [6, 6.07) is 23.7. The number of ether oxygens (including phenoxy) is 2. The van der Waals surface area contributed by atoms with Crippen LogP contribution >= 0.6 is 34.4 Å². The number of nitrogens with one attached hydrogen (secondary N) is 5. The highest BCUT2D eigenvalue weighted by molar-refractivity contribution is 7.99. The number of anilines is 3. The third kappa shape index (κ3) is 14.3. The van der Waals surface area contributed by atoms with Crippen LogP contribution in [0.3, 0.4) is 0 Å². The molecule has 0 aliphatic carbocycles. The van der Waals surface area contributed by atoms with Crippen LogP contribution in [0.1, 0.15) is 61.2 Å². The van der Waals surface area contributed by atoms with E-state index in [9.17, 15) is 19.2 Å². The molecule has 24 heteroatoms. The summed E-state index contributed by atoms with van der Waals surface area (Å²) in [5.74, 6) is 5.70. The SMILES string of the molecule is CCCSc1nc(NCCNC(=O)OC(C)(C)C)c2nnn(Cc3ccc(C#CC(=O)NCCOCCNC(=O)c4ccc(-c5csc(N6N=C(c7ccccc7)/C(=N\Nc7nccs7)C6=O)n5)cc4)cc3)c2n1. The van der Waals surface area contributed by atoms with Crippen molar-refractivity contribution in [2.75, 3.05) is 60.9 Å². The number of thiazole rings is 2. The minimum absolute atomic E-state index is 0.135. The molecule has 0 spiro atoms. The van der Waals surface area contributed by atoms with Crippen molar-refractivity contribution in [3.8, 4) is 23.1 Å². The molecule has 0 atom stereocenters. The van der Waals surface area contributed by atoms with E-state index in [0.717, 1.165) is 28.9 Å². The fourth-order valence-electron chi connectivity index (χ4n) is 6.78. The van der Waals surface area contributed by atoms with Gasteiger partial charge in [-0.2, -0.15) is 15.2 Å². The first-order valence-corrected chi connectivity index (χ1v) is 26.1. The second kappa shape index (κ2) is 25.0. The highest BCUT2D eigenvalue weighted by atomic mass is 32.2. The van der Waals surface area contributed by atoms with Crippen molar-refractivity contribution in [1.82, 2.24) is 50.9 Å². The summed E-state index contributed by atoms with van der Waals surface area (Å²) in [6.45, 7) is 9.55. The van der Waals surface area contributed by atoms with Crippen molar-refractivity contribution < 1.29 is 28.7 Å². The van der Waals surface area contributed by atoms with E-state index in [1.165, 1.54) is 39.4 Å². The van der Waals surface area contributed by atoms with Crippen LogP contribution in [-0.4, -0.2) is 121 Å². The topological polar surface area (TPSA) is 257 Å². The molecule has 1 aliphatic rings. The molecule has 3 aromatic carbocycles. The van der Waals surface area contributed by atoms with Gasteiger partial charge in [0, 0.05) is 77.1 Å². The summed E-state index contributed by atoms with van der Waals surface area (Å²) >= 11 is 4.15. The molecule has 4 aromatic heterocycles. The van der Waals surface area contributed by atoms with E-state index in [-0.39, 0.29) is 37.9 Å². The van der Waals surface area contributed by atoms with Crippen molar-refractivity contribution in [2.24, 2.45) is 10.2 Å². The summed E-state index contributed by atoms with van der Waals surface area (Å²) in [6.07, 6.45) is 2.09. The molecule has 0 saturated heterocycles. The minimum atomic E-state index is -0.593. The van der Waals surface area contributed by atoms with E-state index in [0.29, 0.717) is 74.6 Å². The zero-order valence-corrected chi connectivity index (χ0v) is 43.2. The van der Waals surface area contributed by atoms with Crippen molar-refractivity contribution >= 4 is 96.9 Å². The van der Waals surface area contributed by atoms with E-state index >= 15 is 0 Å². The number of aromatic nitrogens is 7. The Morgan fingerprint density at radius 2 is 1.65 bits per heavy atom. The lowest BCUT2D eigenvalue weighted by molar-refractivity contribution is -0.116. The molecule has 4 amide bonds. The number of hydrogen-bond donors (Lipinski definition) is 5. The molecule has 1 aliphatic heterocycles. The molecule has 380 valence electrons. The Morgan fingerprint density at radius 1 is 0.865 bits per heavy atom. The average Bonchev–Trinajstić information content (AvgIpc) is 4.24. The van der Waals surface area contributed by atoms with Crippen molar-refractivity contribution in [2.45, 2.75) is 51.4 Å². The molecule has 7 aromatic rings. The van der Waals surface area contributed by atoms with Gasteiger partial charge in [-0.25, -0.2) is 29.4 Å². The monoisotopic (exact) mass is 1050 g/mol. The molecule has 0 unspecified atom stereocenters. The van der Waals surface area contributed by atoms with Gasteiger partial charge < -0.3 is 30.7 Å². The van der Waals surface area contributed by atoms with E-state index < -0.39 is 23.5 Å². The van der Waals surface area contributed by atoms with Gasteiger partial charge >= 0.3 is 12.0 Å². The number of hydrogen-bond acceptors (Lipinski definition) is 19. The van der Waals surface area contributed by atoms with E-state index in [2.05, 4.69) is 80.9 Å². The van der Waals surface area contributed by atoms with Gasteiger partial charge in [-0.1, -0.05) is 84.4 Å². The van der Waals surface area contributed by atoms with Gasteiger partial charge in [-0.3, -0.25) is 19.8 Å². The van der Waals surface area contributed by atoms with Crippen molar-refractivity contribution in [3.05, 3.63) is 118 Å². The molecule has 0 bridgehead atoms. The maximum Gasteiger partial charge on any atom is 0.407 e. The molecule has 74 heavy (non-hydrogen) atoms. The summed E-state index contributed by atoms with van der Waals surface area (Å²) < 4.78 is 12.6. The molecule has 0 saturated carbocycles. The van der Waals surface area contributed by atoms with Crippen LogP contribution in [0.5, 0.6) is 0 Å². The number of alkyl carbamates (subject to hydrolysis) is 1. The number of carbonyl (C=O) groups excluding carboxylic acids is 4. The average molecular weight is 1050 g/mol. The fourth-order valence-corrected chi connectivity index (χ4v) is 8.73. The Labute approximate surface area is 438 Å². The Balaban J connectivity index is 0.748. The maximum atomic E-state index is 13.6. The molecule has 0 radical (unpaired) electrons. The van der Waals surface area contributed by atoms with Crippen LogP contribution in [0.25, 0.3) is 22.4 Å². The lowest BCUT2D eigenvalue weighted by Gasteiger charge is -2.19. The number of rotatable bonds is 21. The van der Waals surface area contributed by atoms with Gasteiger partial charge in [-0.05, 0) is 57.0 Å². The minimum Gasteiger partial charge on any atom is -0.444 e. The first-order valence-electron chi connectivity index (χ1n) is 23.4. The zero-order chi connectivity index (χ0) is 51.9. The normalized spacial score (nSPS) is 12.8. The number of nitrogens with zero attached hydrogens (tertiary/aromatic N) is 10. The lowest BCUT2D eigenvalue weighted by Crippen LogP contribution is -2.35. The van der Waals surface area contributed by atoms with E-state index in [1.54, 1.807) is 40.5 Å². The van der Waals surface area contributed by atoms with Crippen LogP contribution < -0.4 is 31.7 Å². The second-order valence-electron chi connectivity index (χ2n) is 17.0. The quantitative estimate of drug-likeness (QED) is 0.0171. The van der Waals surface area contributed by atoms with Crippen molar-refractivity contribution in [3.63, 3.8) is 0 Å². The predicted octanol–water partition coefficient (Wildman–Crippen LogP) is 6.42.